The molecule has 0 fully saturated rings. The van der Waals surface area contributed by atoms with E-state index in [0.29, 0.717) is 0 Å². The molecule has 0 unspecified atom stereocenters. The third-order valence-corrected chi connectivity index (χ3v) is 20.4. The quantitative estimate of drug-likeness (QED) is 0.0884. The molecule has 8 aromatic carbocycles. The fourth-order valence-electron chi connectivity index (χ4n) is 7.68. The predicted octanol–water partition coefficient (Wildman–Crippen LogP) is 12.8. The zero-order chi connectivity index (χ0) is 42.6. The first-order valence-corrected chi connectivity index (χ1v) is 26.9. The van der Waals surface area contributed by atoms with Crippen molar-refractivity contribution < 1.29 is 21.2 Å². The molecule has 0 amide bonds. The summed E-state index contributed by atoms with van der Waals surface area (Å²) >= 11 is 3.42. The van der Waals surface area contributed by atoms with Gasteiger partial charge >= 0.3 is 21.2 Å². The number of halogens is 1. The van der Waals surface area contributed by atoms with Crippen LogP contribution < -0.4 is 21.2 Å². The lowest BCUT2D eigenvalue weighted by atomic mass is 10.2. The van der Waals surface area contributed by atoms with Gasteiger partial charge in [0.1, 0.15) is 0 Å². The van der Waals surface area contributed by atoms with Gasteiger partial charge in [0.15, 0.2) is 36.5 Å². The molecule has 0 aliphatic heterocycles. The Morgan fingerprint density at radius 3 is 0.787 bits per heavy atom. The van der Waals surface area contributed by atoms with E-state index in [0.717, 1.165) is 0 Å². The van der Waals surface area contributed by atoms with Crippen molar-refractivity contribution in [3.05, 3.63) is 222 Å². The van der Waals surface area contributed by atoms with Gasteiger partial charge in [0.25, 0.3) is 0 Å². The number of benzene rings is 8. The minimum Gasteiger partial charge on any atom is -0.0901 e. The molecule has 0 heterocycles. The van der Waals surface area contributed by atoms with Crippen molar-refractivity contribution in [2.24, 2.45) is 0 Å². The summed E-state index contributed by atoms with van der Waals surface area (Å²) in [5.41, 5.74) is 10.7. The van der Waals surface area contributed by atoms with E-state index in [1.54, 1.807) is 0 Å². The molecular weight excluding hydrogens is 928 g/mol. The maximum Gasteiger partial charge on any atom is 0.357 e. The van der Waals surface area contributed by atoms with Crippen LogP contribution in [-0.4, -0.2) is 0 Å². The Morgan fingerprint density at radius 1 is 0.295 bits per heavy atom. The van der Waals surface area contributed by atoms with Gasteiger partial charge in [-0.25, -0.2) is 0 Å². The molecular formula is C56H52IS4+3. The van der Waals surface area contributed by atoms with Crippen molar-refractivity contribution in [2.45, 2.75) is 104 Å². The van der Waals surface area contributed by atoms with Crippen molar-refractivity contribution in [3.8, 4) is 0 Å². The lowest BCUT2D eigenvalue weighted by Crippen LogP contribution is -3.61. The fourth-order valence-corrected chi connectivity index (χ4v) is 16.1. The summed E-state index contributed by atoms with van der Waals surface area (Å²) in [6, 6.07) is 64.7. The van der Waals surface area contributed by atoms with Gasteiger partial charge in [-0.2, -0.15) is 0 Å². The number of rotatable bonds is 12. The molecule has 0 aromatic heterocycles. The number of hydrogen-bond donors (Lipinski definition) is 0. The molecule has 0 atom stereocenters. The highest BCUT2D eigenvalue weighted by atomic mass is 127. The fraction of sp³-hybridized carbons (Fsp3) is 0.143. The molecule has 8 aromatic rings. The van der Waals surface area contributed by atoms with Gasteiger partial charge in [-0.15, -0.1) is 0 Å². The number of hydrogen-bond acceptors (Lipinski definition) is 2. The second-order valence-electron chi connectivity index (χ2n) is 15.8. The van der Waals surface area contributed by atoms with Gasteiger partial charge < -0.3 is 0 Å². The van der Waals surface area contributed by atoms with E-state index in [9.17, 15) is 0 Å². The zero-order valence-electron chi connectivity index (χ0n) is 36.2. The Bertz CT molecular complexity index is 2490. The number of aryl methyl sites for hydroxylation is 8. The minimum atomic E-state index is -0.269. The molecule has 304 valence electrons. The second-order valence-corrected chi connectivity index (χ2v) is 25.1. The zero-order valence-corrected chi connectivity index (χ0v) is 41.6. The van der Waals surface area contributed by atoms with E-state index in [4.69, 9.17) is 0 Å². The normalized spacial score (nSPS) is 11.4. The highest BCUT2D eigenvalue weighted by molar-refractivity contribution is 7.99. The lowest BCUT2D eigenvalue weighted by Gasteiger charge is -2.13. The Labute approximate surface area is 389 Å². The van der Waals surface area contributed by atoms with Gasteiger partial charge in [0, 0.05) is 41.8 Å². The van der Waals surface area contributed by atoms with E-state index in [-0.39, 0.29) is 43.0 Å². The SMILES string of the molecule is Cc1ccc([S+](c2ccc(Sc3ccc([I+]c4ccc(Sc5ccc([S+](c6ccc(C)cc6C)c6ccc(C)cc6C)cc5)cc4)cc3)cc2)c2ccc(C)cc2C)c(C)c1. The summed E-state index contributed by atoms with van der Waals surface area (Å²) in [6.07, 6.45) is 0. The Balaban J connectivity index is 0.911. The summed E-state index contributed by atoms with van der Waals surface area (Å²) in [4.78, 5) is 13.4. The van der Waals surface area contributed by atoms with Crippen molar-refractivity contribution in [2.75, 3.05) is 0 Å². The van der Waals surface area contributed by atoms with E-state index >= 15 is 0 Å². The molecule has 0 N–H and O–H groups in total. The molecule has 0 spiro atoms. The monoisotopic (exact) mass is 979 g/mol. The van der Waals surface area contributed by atoms with Gasteiger partial charge in [0.2, 0.25) is 0 Å². The molecule has 0 radical (unpaired) electrons. The van der Waals surface area contributed by atoms with Crippen LogP contribution in [0.25, 0.3) is 0 Å². The Kier molecular flexibility index (Phi) is 13.9. The predicted molar refractivity (Wildman–Crippen MR) is 259 cm³/mol. The second kappa shape index (κ2) is 19.5. The molecule has 8 rings (SSSR count). The standard InChI is InChI=1S/C56H52IS4/c1-37-9-29-53(41(5)33-37)60(54-30-10-38(2)34-42(54)6)51-25-21-49(22-26-51)58-47-17-13-45(14-18-47)57-46-15-19-48(20-16-46)59-50-23-27-52(28-24-50)61(55-31-11-39(3)35-43(55)7)56-32-12-40(4)36-44(56)8/h9-36H,1-8H3/q+3. The lowest BCUT2D eigenvalue weighted by molar-refractivity contribution is -0.597. The Morgan fingerprint density at radius 2 is 0.541 bits per heavy atom. The summed E-state index contributed by atoms with van der Waals surface area (Å²) in [6.45, 7) is 17.8. The van der Waals surface area contributed by atoms with Gasteiger partial charge in [0.05, 0.1) is 21.8 Å². The van der Waals surface area contributed by atoms with Crippen molar-refractivity contribution >= 4 is 45.3 Å². The van der Waals surface area contributed by atoms with E-state index < -0.39 is 0 Å². The molecule has 0 aliphatic rings. The minimum absolute atomic E-state index is 0.168. The topological polar surface area (TPSA) is 0 Å². The summed E-state index contributed by atoms with van der Waals surface area (Å²) in [5.74, 6) is 0. The largest absolute Gasteiger partial charge is 0.357 e. The van der Waals surface area contributed by atoms with E-state index in [1.165, 1.54) is 101 Å². The molecule has 0 saturated heterocycles. The Hall–Kier alpha value is -4.11. The van der Waals surface area contributed by atoms with Gasteiger partial charge in [-0.05, 0) is 177 Å². The van der Waals surface area contributed by atoms with Crippen LogP contribution in [0.2, 0.25) is 0 Å². The van der Waals surface area contributed by atoms with Crippen molar-refractivity contribution in [3.63, 3.8) is 0 Å². The smallest absolute Gasteiger partial charge is 0.0901 e. The van der Waals surface area contributed by atoms with Crippen molar-refractivity contribution in [1.29, 1.82) is 0 Å². The first-order valence-electron chi connectivity index (χ1n) is 20.7. The molecule has 0 aliphatic carbocycles. The van der Waals surface area contributed by atoms with Crippen molar-refractivity contribution in [1.82, 2.24) is 0 Å². The van der Waals surface area contributed by atoms with Crippen LogP contribution >= 0.6 is 23.5 Å². The molecule has 0 nitrogen and oxygen atoms in total. The summed E-state index contributed by atoms with van der Waals surface area (Å²) in [5, 5.41) is 0. The molecule has 5 heteroatoms. The van der Waals surface area contributed by atoms with Crippen LogP contribution in [-0.2, 0) is 21.8 Å². The maximum absolute atomic E-state index is 2.34. The molecule has 0 bridgehead atoms. The van der Waals surface area contributed by atoms with Crippen LogP contribution in [0.5, 0.6) is 0 Å². The highest BCUT2D eigenvalue weighted by Gasteiger charge is 2.33. The third kappa shape index (κ3) is 10.6. The van der Waals surface area contributed by atoms with Gasteiger partial charge in [-0.3, -0.25) is 0 Å². The molecule has 0 saturated carbocycles. The van der Waals surface area contributed by atoms with Crippen LogP contribution in [0, 0.1) is 62.5 Å². The molecule has 61 heavy (non-hydrogen) atoms. The van der Waals surface area contributed by atoms with Crippen LogP contribution in [0.4, 0.5) is 0 Å². The first kappa shape index (κ1) is 43.5. The highest BCUT2D eigenvalue weighted by Crippen LogP contribution is 2.39. The maximum atomic E-state index is 2.34. The van der Waals surface area contributed by atoms with Crippen LogP contribution in [0.1, 0.15) is 44.5 Å². The third-order valence-electron chi connectivity index (χ3n) is 10.6. The van der Waals surface area contributed by atoms with E-state index in [1.807, 2.05) is 23.5 Å². The summed E-state index contributed by atoms with van der Waals surface area (Å²) in [7, 11) is -0.337. The average molecular weight is 980 g/mol. The van der Waals surface area contributed by atoms with Gasteiger partial charge in [-0.1, -0.05) is 94.3 Å². The summed E-state index contributed by atoms with van der Waals surface area (Å²) < 4.78 is 2.87. The first-order chi connectivity index (χ1) is 29.5. The van der Waals surface area contributed by atoms with E-state index in [2.05, 4.69) is 225 Å². The van der Waals surface area contributed by atoms with Crippen LogP contribution in [0.3, 0.4) is 0 Å². The average Bonchev–Trinajstić information content (AvgIpc) is 3.23. The van der Waals surface area contributed by atoms with Crippen LogP contribution in [0.15, 0.2) is 219 Å².